The molecule has 0 aromatic carbocycles. The molecule has 2 bridgehead atoms. The Labute approximate surface area is 54.5 Å². The number of aliphatic hydroxyl groups is 2. The van der Waals surface area contributed by atoms with Crippen LogP contribution in [0.3, 0.4) is 0 Å². The van der Waals surface area contributed by atoms with Crippen LogP contribution >= 0.6 is 0 Å². The molecule has 0 radical (unpaired) electrons. The number of rotatable bonds is 0. The molecule has 9 heavy (non-hydrogen) atoms. The van der Waals surface area contributed by atoms with E-state index in [1.807, 2.05) is 0 Å². The first-order chi connectivity index (χ1) is 4.29. The van der Waals surface area contributed by atoms with Gasteiger partial charge in [-0.1, -0.05) is 0 Å². The minimum atomic E-state index is -0.196. The highest BCUT2D eigenvalue weighted by Gasteiger charge is 2.46. The zero-order valence-electron chi connectivity index (χ0n) is 5.33. The van der Waals surface area contributed by atoms with Crippen LogP contribution in [0.4, 0.5) is 0 Å². The molecule has 0 heterocycles. The van der Waals surface area contributed by atoms with Crippen LogP contribution in [0, 0.1) is 11.8 Å². The summed E-state index contributed by atoms with van der Waals surface area (Å²) in [4.78, 5) is 0. The third kappa shape index (κ3) is 0.634. The van der Waals surface area contributed by atoms with Crippen molar-refractivity contribution in [2.45, 2.75) is 31.5 Å². The van der Waals surface area contributed by atoms with E-state index in [1.165, 1.54) is 0 Å². The maximum absolute atomic E-state index is 9.34. The first-order valence-electron chi connectivity index (χ1n) is 3.65. The molecule has 2 aliphatic rings. The van der Waals surface area contributed by atoms with Crippen LogP contribution in [-0.2, 0) is 0 Å². The van der Waals surface area contributed by atoms with Gasteiger partial charge in [-0.3, -0.25) is 0 Å². The quantitative estimate of drug-likeness (QED) is 0.487. The van der Waals surface area contributed by atoms with Crippen molar-refractivity contribution in [3.05, 3.63) is 0 Å². The van der Waals surface area contributed by atoms with Gasteiger partial charge in [0.15, 0.2) is 0 Å². The van der Waals surface area contributed by atoms with Crippen LogP contribution in [0.2, 0.25) is 0 Å². The Kier molecular flexibility index (Phi) is 1.08. The van der Waals surface area contributed by atoms with Gasteiger partial charge in [-0.25, -0.2) is 0 Å². The van der Waals surface area contributed by atoms with E-state index in [4.69, 9.17) is 0 Å². The SMILES string of the molecule is O[C@H]1[C@H]2CC[C@@H]1[C@@H](O)C2. The molecule has 0 aliphatic heterocycles. The summed E-state index contributed by atoms with van der Waals surface area (Å²) < 4.78 is 0. The van der Waals surface area contributed by atoms with Crippen molar-refractivity contribution in [3.8, 4) is 0 Å². The molecule has 0 unspecified atom stereocenters. The summed E-state index contributed by atoms with van der Waals surface area (Å²) in [7, 11) is 0. The molecule has 2 heteroatoms. The summed E-state index contributed by atoms with van der Waals surface area (Å²) >= 11 is 0. The molecule has 2 saturated carbocycles. The van der Waals surface area contributed by atoms with Gasteiger partial charge >= 0.3 is 0 Å². The van der Waals surface area contributed by atoms with E-state index in [9.17, 15) is 10.2 Å². The largest absolute Gasteiger partial charge is 0.393 e. The van der Waals surface area contributed by atoms with Gasteiger partial charge in [0.05, 0.1) is 12.2 Å². The summed E-state index contributed by atoms with van der Waals surface area (Å²) in [6.45, 7) is 0. The van der Waals surface area contributed by atoms with Crippen molar-refractivity contribution in [1.82, 2.24) is 0 Å². The number of hydrogen-bond donors (Lipinski definition) is 2. The lowest BCUT2D eigenvalue weighted by Gasteiger charge is -2.13. The van der Waals surface area contributed by atoms with Crippen LogP contribution in [0.25, 0.3) is 0 Å². The minimum absolute atomic E-state index is 0.181. The van der Waals surface area contributed by atoms with Crippen molar-refractivity contribution in [2.24, 2.45) is 11.8 Å². The molecule has 2 N–H and O–H groups in total. The Morgan fingerprint density at radius 3 is 2.11 bits per heavy atom. The van der Waals surface area contributed by atoms with Crippen LogP contribution < -0.4 is 0 Å². The molecule has 0 spiro atoms. The van der Waals surface area contributed by atoms with Crippen molar-refractivity contribution >= 4 is 0 Å². The second-order valence-electron chi connectivity index (χ2n) is 3.29. The first-order valence-corrected chi connectivity index (χ1v) is 3.65. The smallest absolute Gasteiger partial charge is 0.0622 e. The molecule has 2 aliphatic carbocycles. The lowest BCUT2D eigenvalue weighted by Crippen LogP contribution is -2.19. The minimum Gasteiger partial charge on any atom is -0.393 e. The van der Waals surface area contributed by atoms with Crippen LogP contribution in [0.1, 0.15) is 19.3 Å². The summed E-state index contributed by atoms with van der Waals surface area (Å²) in [6, 6.07) is 0. The van der Waals surface area contributed by atoms with E-state index < -0.39 is 0 Å². The molecule has 2 rings (SSSR count). The normalized spacial score (nSPS) is 56.7. The first kappa shape index (κ1) is 5.69. The van der Waals surface area contributed by atoms with Gasteiger partial charge in [-0.15, -0.1) is 0 Å². The maximum Gasteiger partial charge on any atom is 0.0622 e. The highest BCUT2D eigenvalue weighted by atomic mass is 16.3. The standard InChI is InChI=1S/C7H12O2/c8-6-3-4-1-2-5(6)7(4)9/h4-9H,1-3H2/t4-,5+,6-,7-/m0/s1. The van der Waals surface area contributed by atoms with E-state index in [1.54, 1.807) is 0 Å². The van der Waals surface area contributed by atoms with Crippen LogP contribution in [0.15, 0.2) is 0 Å². The summed E-state index contributed by atoms with van der Waals surface area (Å²) in [6.07, 6.45) is 2.63. The third-order valence-corrected chi connectivity index (χ3v) is 2.83. The summed E-state index contributed by atoms with van der Waals surface area (Å²) in [5.41, 5.74) is 0. The fraction of sp³-hybridized carbons (Fsp3) is 1.00. The lowest BCUT2D eigenvalue weighted by molar-refractivity contribution is 0.0738. The highest BCUT2D eigenvalue weighted by Crippen LogP contribution is 2.44. The average Bonchev–Trinajstić information content (AvgIpc) is 2.25. The van der Waals surface area contributed by atoms with E-state index in [2.05, 4.69) is 0 Å². The summed E-state index contributed by atoms with van der Waals surface area (Å²) in [5.74, 6) is 0.639. The van der Waals surface area contributed by atoms with Gasteiger partial charge in [-0.2, -0.15) is 0 Å². The highest BCUT2D eigenvalue weighted by molar-refractivity contribution is 4.96. The van der Waals surface area contributed by atoms with Gasteiger partial charge in [0.2, 0.25) is 0 Å². The van der Waals surface area contributed by atoms with E-state index in [0.29, 0.717) is 5.92 Å². The molecule has 0 amide bonds. The third-order valence-electron chi connectivity index (χ3n) is 2.83. The molecule has 0 aromatic rings. The summed E-state index contributed by atoms with van der Waals surface area (Å²) in [5, 5.41) is 18.6. The van der Waals surface area contributed by atoms with Gasteiger partial charge < -0.3 is 10.2 Å². The Morgan fingerprint density at radius 2 is 1.89 bits per heavy atom. The zero-order chi connectivity index (χ0) is 6.43. The lowest BCUT2D eigenvalue weighted by atomic mass is 9.98. The molecule has 4 atom stereocenters. The van der Waals surface area contributed by atoms with Crippen molar-refractivity contribution < 1.29 is 10.2 Å². The Balaban J connectivity index is 2.16. The Morgan fingerprint density at radius 1 is 1.11 bits per heavy atom. The van der Waals surface area contributed by atoms with Gasteiger partial charge in [0.25, 0.3) is 0 Å². The zero-order valence-corrected chi connectivity index (χ0v) is 5.33. The van der Waals surface area contributed by atoms with E-state index in [-0.39, 0.29) is 18.1 Å². The van der Waals surface area contributed by atoms with Crippen molar-refractivity contribution in [3.63, 3.8) is 0 Å². The topological polar surface area (TPSA) is 40.5 Å². The molecular weight excluding hydrogens is 116 g/mol. The average molecular weight is 128 g/mol. The molecule has 2 nitrogen and oxygen atoms in total. The number of hydrogen-bond acceptors (Lipinski definition) is 2. The Bertz CT molecular complexity index is 124. The fourth-order valence-corrected chi connectivity index (χ4v) is 2.26. The fourth-order valence-electron chi connectivity index (χ4n) is 2.26. The van der Waals surface area contributed by atoms with Crippen LogP contribution in [0.5, 0.6) is 0 Å². The van der Waals surface area contributed by atoms with Gasteiger partial charge in [-0.05, 0) is 25.2 Å². The van der Waals surface area contributed by atoms with Gasteiger partial charge in [0, 0.05) is 5.92 Å². The predicted octanol–water partition coefficient (Wildman–Crippen LogP) is 0.138. The molecular formula is C7H12O2. The molecule has 0 aromatic heterocycles. The number of fused-ring (bicyclic) bond motifs is 2. The van der Waals surface area contributed by atoms with Crippen LogP contribution in [-0.4, -0.2) is 22.4 Å². The second kappa shape index (κ2) is 1.70. The maximum atomic E-state index is 9.34. The molecule has 52 valence electrons. The second-order valence-corrected chi connectivity index (χ2v) is 3.29. The monoisotopic (exact) mass is 128 g/mol. The van der Waals surface area contributed by atoms with Crippen molar-refractivity contribution in [1.29, 1.82) is 0 Å². The van der Waals surface area contributed by atoms with Gasteiger partial charge in [0.1, 0.15) is 0 Å². The van der Waals surface area contributed by atoms with E-state index >= 15 is 0 Å². The van der Waals surface area contributed by atoms with E-state index in [0.717, 1.165) is 19.3 Å². The molecule has 2 fully saturated rings. The number of aliphatic hydroxyl groups excluding tert-OH is 2. The molecule has 0 saturated heterocycles. The van der Waals surface area contributed by atoms with Crippen molar-refractivity contribution in [2.75, 3.05) is 0 Å². The predicted molar refractivity (Wildman–Crippen MR) is 32.8 cm³/mol. The Hall–Kier alpha value is -0.0800.